The van der Waals surface area contributed by atoms with E-state index < -0.39 is 0 Å². The van der Waals surface area contributed by atoms with Crippen LogP contribution < -0.4 is 15.4 Å². The summed E-state index contributed by atoms with van der Waals surface area (Å²) >= 11 is 6.98. The molecule has 0 radical (unpaired) electrons. The number of aryl methyl sites for hydroxylation is 1. The molecule has 1 heterocycles. The summed E-state index contributed by atoms with van der Waals surface area (Å²) in [4.78, 5) is 38.4. The third-order valence-electron chi connectivity index (χ3n) is 4.55. The third kappa shape index (κ3) is 5.80. The fraction of sp³-hybridized carbons (Fsp3) is 0.227. The van der Waals surface area contributed by atoms with E-state index in [9.17, 15) is 14.4 Å². The molecule has 3 amide bonds. The van der Waals surface area contributed by atoms with Gasteiger partial charge < -0.3 is 15.4 Å². The Kier molecular flexibility index (Phi) is 7.59. The minimum Gasteiger partial charge on any atom is -0.495 e. The molecule has 2 aromatic carbocycles. The van der Waals surface area contributed by atoms with Gasteiger partial charge in [-0.2, -0.15) is 0 Å². The first-order valence-corrected chi connectivity index (χ1v) is 10.7. The van der Waals surface area contributed by atoms with Crippen LogP contribution in [0.1, 0.15) is 11.1 Å². The Labute approximate surface area is 189 Å². The zero-order valence-electron chi connectivity index (χ0n) is 17.1. The molecule has 1 aliphatic heterocycles. The van der Waals surface area contributed by atoms with E-state index in [1.807, 2.05) is 37.3 Å². The molecule has 2 N–H and O–H groups in total. The van der Waals surface area contributed by atoms with Crippen molar-refractivity contribution in [1.29, 1.82) is 0 Å². The second-order valence-corrected chi connectivity index (χ2v) is 8.15. The fourth-order valence-corrected chi connectivity index (χ4v) is 3.93. The summed E-state index contributed by atoms with van der Waals surface area (Å²) in [7, 11) is 1.52. The largest absolute Gasteiger partial charge is 0.495 e. The molecule has 0 aliphatic carbocycles. The summed E-state index contributed by atoms with van der Waals surface area (Å²) in [5.74, 6) is -0.0968. The first kappa shape index (κ1) is 22.7. The maximum Gasteiger partial charge on any atom is 0.293 e. The van der Waals surface area contributed by atoms with Crippen molar-refractivity contribution in [2.24, 2.45) is 0 Å². The van der Waals surface area contributed by atoms with Crippen LogP contribution in [0.5, 0.6) is 5.75 Å². The third-order valence-corrected chi connectivity index (χ3v) is 5.86. The molecule has 0 bridgehead atoms. The van der Waals surface area contributed by atoms with Gasteiger partial charge >= 0.3 is 0 Å². The molecule has 3 rings (SSSR count). The summed E-state index contributed by atoms with van der Waals surface area (Å²) in [6.07, 6.45) is 1.69. The number of ether oxygens (including phenoxy) is 1. The van der Waals surface area contributed by atoms with Gasteiger partial charge in [-0.25, -0.2) is 0 Å². The molecule has 0 atom stereocenters. The van der Waals surface area contributed by atoms with Crippen LogP contribution in [0.3, 0.4) is 0 Å². The lowest BCUT2D eigenvalue weighted by Gasteiger charge is -2.15. The molecule has 1 fully saturated rings. The van der Waals surface area contributed by atoms with Gasteiger partial charge in [-0.05, 0) is 42.0 Å². The standard InChI is InChI=1S/C22H22ClN3O4S/c1-14-10-17(18(30-2)12-16(14)23)25-13-20(27)24-8-9-26-21(28)19(31-22(26)29)11-15-6-4-3-5-7-15/h3-7,10-12,25H,8-9,13H2,1-2H3,(H,24,27). The van der Waals surface area contributed by atoms with Crippen molar-refractivity contribution in [3.8, 4) is 5.75 Å². The Balaban J connectivity index is 1.49. The smallest absolute Gasteiger partial charge is 0.293 e. The number of imide groups is 1. The van der Waals surface area contributed by atoms with Gasteiger partial charge in [0.2, 0.25) is 5.91 Å². The monoisotopic (exact) mass is 459 g/mol. The van der Waals surface area contributed by atoms with Crippen LogP contribution in [-0.2, 0) is 9.59 Å². The molecular formula is C22H22ClN3O4S. The maximum absolute atomic E-state index is 12.5. The number of methoxy groups -OCH3 is 1. The van der Waals surface area contributed by atoms with Gasteiger partial charge in [-0.3, -0.25) is 19.3 Å². The number of thioether (sulfide) groups is 1. The molecule has 2 aromatic rings. The summed E-state index contributed by atoms with van der Waals surface area (Å²) in [6.45, 7) is 2.13. The molecule has 7 nitrogen and oxygen atoms in total. The van der Waals surface area contributed by atoms with Gasteiger partial charge in [-0.1, -0.05) is 41.9 Å². The van der Waals surface area contributed by atoms with Crippen molar-refractivity contribution >= 4 is 52.2 Å². The Morgan fingerprint density at radius 1 is 1.23 bits per heavy atom. The Bertz CT molecular complexity index is 1030. The number of nitrogens with zero attached hydrogens (tertiary/aromatic N) is 1. The lowest BCUT2D eigenvalue weighted by Crippen LogP contribution is -2.39. The molecule has 162 valence electrons. The number of amides is 3. The Hall–Kier alpha value is -2.97. The van der Waals surface area contributed by atoms with Crippen LogP contribution in [0.2, 0.25) is 5.02 Å². The highest BCUT2D eigenvalue weighted by Gasteiger charge is 2.34. The van der Waals surface area contributed by atoms with Crippen molar-refractivity contribution < 1.29 is 19.1 Å². The first-order chi connectivity index (χ1) is 14.9. The van der Waals surface area contributed by atoms with Gasteiger partial charge in [0.1, 0.15) is 5.75 Å². The van der Waals surface area contributed by atoms with E-state index >= 15 is 0 Å². The average molecular weight is 460 g/mol. The van der Waals surface area contributed by atoms with Gasteiger partial charge in [0.25, 0.3) is 11.1 Å². The number of anilines is 1. The predicted molar refractivity (Wildman–Crippen MR) is 123 cm³/mol. The van der Waals surface area contributed by atoms with Gasteiger partial charge in [-0.15, -0.1) is 0 Å². The van der Waals surface area contributed by atoms with E-state index in [1.165, 1.54) is 7.11 Å². The van der Waals surface area contributed by atoms with E-state index in [1.54, 1.807) is 18.2 Å². The summed E-state index contributed by atoms with van der Waals surface area (Å²) < 4.78 is 5.27. The zero-order valence-corrected chi connectivity index (χ0v) is 18.7. The topological polar surface area (TPSA) is 87.7 Å². The number of hydrogen-bond donors (Lipinski definition) is 2. The fourth-order valence-electron chi connectivity index (χ4n) is 2.91. The van der Waals surface area contributed by atoms with Crippen LogP contribution in [0, 0.1) is 6.92 Å². The van der Waals surface area contributed by atoms with E-state index in [4.69, 9.17) is 16.3 Å². The van der Waals surface area contributed by atoms with Crippen molar-refractivity contribution in [3.05, 3.63) is 63.5 Å². The highest BCUT2D eigenvalue weighted by molar-refractivity contribution is 8.18. The van der Waals surface area contributed by atoms with E-state index in [0.29, 0.717) is 21.4 Å². The lowest BCUT2D eigenvalue weighted by molar-refractivity contribution is -0.123. The number of benzene rings is 2. The van der Waals surface area contributed by atoms with Gasteiger partial charge in [0, 0.05) is 24.2 Å². The average Bonchev–Trinajstić information content (AvgIpc) is 3.02. The number of carbonyl (C=O) groups is 3. The molecule has 0 aromatic heterocycles. The zero-order chi connectivity index (χ0) is 22.4. The number of halogens is 1. The van der Waals surface area contributed by atoms with Crippen molar-refractivity contribution in [3.63, 3.8) is 0 Å². The number of nitrogens with one attached hydrogen (secondary N) is 2. The second-order valence-electron chi connectivity index (χ2n) is 6.75. The predicted octanol–water partition coefficient (Wildman–Crippen LogP) is 3.92. The first-order valence-electron chi connectivity index (χ1n) is 9.54. The SMILES string of the molecule is COc1cc(Cl)c(C)cc1NCC(=O)NCCN1C(=O)SC(=Cc2ccccc2)C1=O. The van der Waals surface area contributed by atoms with Crippen LogP contribution in [0.15, 0.2) is 47.4 Å². The molecule has 0 spiro atoms. The van der Waals surface area contributed by atoms with Crippen molar-refractivity contribution in [2.45, 2.75) is 6.92 Å². The van der Waals surface area contributed by atoms with Gasteiger partial charge in [0.05, 0.1) is 24.2 Å². The van der Waals surface area contributed by atoms with Crippen LogP contribution in [0.4, 0.5) is 10.5 Å². The van der Waals surface area contributed by atoms with E-state index in [-0.39, 0.29) is 36.7 Å². The van der Waals surface area contributed by atoms with Crippen molar-refractivity contribution in [1.82, 2.24) is 10.2 Å². The quantitative estimate of drug-likeness (QED) is 0.582. The summed E-state index contributed by atoms with van der Waals surface area (Å²) in [5.41, 5.74) is 2.35. The highest BCUT2D eigenvalue weighted by atomic mass is 35.5. The minimum absolute atomic E-state index is 0.00718. The molecule has 9 heteroatoms. The normalized spacial score (nSPS) is 14.8. The van der Waals surface area contributed by atoms with Crippen LogP contribution in [-0.4, -0.2) is 48.7 Å². The van der Waals surface area contributed by atoms with Crippen LogP contribution >= 0.6 is 23.4 Å². The number of hydrogen-bond acceptors (Lipinski definition) is 6. The summed E-state index contributed by atoms with van der Waals surface area (Å²) in [5, 5.41) is 5.94. The molecule has 1 aliphatic rings. The number of rotatable bonds is 8. The van der Waals surface area contributed by atoms with Gasteiger partial charge in [0.15, 0.2) is 0 Å². The summed E-state index contributed by atoms with van der Waals surface area (Å²) in [6, 6.07) is 12.8. The molecule has 0 saturated carbocycles. The molecule has 1 saturated heterocycles. The Morgan fingerprint density at radius 3 is 2.68 bits per heavy atom. The second kappa shape index (κ2) is 10.4. The van der Waals surface area contributed by atoms with Crippen molar-refractivity contribution in [2.75, 3.05) is 32.1 Å². The van der Waals surface area contributed by atoms with E-state index in [2.05, 4.69) is 10.6 Å². The Morgan fingerprint density at radius 2 is 1.97 bits per heavy atom. The minimum atomic E-state index is -0.354. The number of carbonyl (C=O) groups excluding carboxylic acids is 3. The lowest BCUT2D eigenvalue weighted by atomic mass is 10.2. The van der Waals surface area contributed by atoms with E-state index in [0.717, 1.165) is 27.8 Å². The van der Waals surface area contributed by atoms with Crippen LogP contribution in [0.25, 0.3) is 6.08 Å². The molecule has 31 heavy (non-hydrogen) atoms. The highest BCUT2D eigenvalue weighted by Crippen LogP contribution is 2.32. The molecular weight excluding hydrogens is 438 g/mol. The maximum atomic E-state index is 12.5. The molecule has 0 unspecified atom stereocenters.